The number of hydrogen-bond donors (Lipinski definition) is 1. The number of rotatable bonds is 5. The third-order valence-corrected chi connectivity index (χ3v) is 4.10. The van der Waals surface area contributed by atoms with Crippen LogP contribution in [0.1, 0.15) is 36.8 Å². The third kappa shape index (κ3) is 3.47. The van der Waals surface area contributed by atoms with E-state index in [4.69, 9.17) is 4.74 Å². The minimum Gasteiger partial charge on any atom is -0.453 e. The number of aryl methyl sites for hydroxylation is 2. The molecule has 0 amide bonds. The van der Waals surface area contributed by atoms with Gasteiger partial charge in [0, 0.05) is 23.1 Å². The Hall–Kier alpha value is -1.33. The molecule has 21 heavy (non-hydrogen) atoms. The van der Waals surface area contributed by atoms with Gasteiger partial charge < -0.3 is 10.1 Å². The maximum absolute atomic E-state index is 6.17. The number of nitrogens with one attached hydrogen (secondary N) is 1. The van der Waals surface area contributed by atoms with Crippen molar-refractivity contribution in [3.8, 4) is 11.5 Å². The third-order valence-electron chi connectivity index (χ3n) is 3.60. The summed E-state index contributed by atoms with van der Waals surface area (Å²) in [7, 11) is 1.93. The average Bonchev–Trinajstić information content (AvgIpc) is 2.67. The fraction of sp³-hybridized carbons (Fsp3) is 0.438. The van der Waals surface area contributed by atoms with E-state index in [2.05, 4.69) is 46.3 Å². The highest BCUT2D eigenvalue weighted by molar-refractivity contribution is 9.10. The van der Waals surface area contributed by atoms with Gasteiger partial charge in [-0.3, -0.25) is 4.68 Å². The van der Waals surface area contributed by atoms with Gasteiger partial charge >= 0.3 is 0 Å². The molecule has 0 aliphatic heterocycles. The van der Waals surface area contributed by atoms with E-state index in [0.717, 1.165) is 39.5 Å². The molecule has 1 unspecified atom stereocenters. The standard InChI is InChI=1S/C16H22BrN3O/c1-6-18-10(2)14-9-13(17)7-8-15(14)21-16-11(3)19-20(5)12(16)4/h7-10,18H,6H2,1-5H3. The van der Waals surface area contributed by atoms with Crippen LogP contribution < -0.4 is 10.1 Å². The van der Waals surface area contributed by atoms with E-state index < -0.39 is 0 Å². The highest BCUT2D eigenvalue weighted by Crippen LogP contribution is 2.34. The summed E-state index contributed by atoms with van der Waals surface area (Å²) in [6, 6.07) is 6.32. The van der Waals surface area contributed by atoms with Crippen molar-refractivity contribution in [2.75, 3.05) is 6.54 Å². The smallest absolute Gasteiger partial charge is 0.171 e. The zero-order valence-corrected chi connectivity index (χ0v) is 14.8. The first-order chi connectivity index (χ1) is 9.93. The van der Waals surface area contributed by atoms with E-state index in [-0.39, 0.29) is 6.04 Å². The van der Waals surface area contributed by atoms with Crippen molar-refractivity contribution in [2.24, 2.45) is 7.05 Å². The maximum atomic E-state index is 6.17. The fourth-order valence-corrected chi connectivity index (χ4v) is 2.76. The second-order valence-electron chi connectivity index (χ2n) is 5.19. The molecule has 1 N–H and O–H groups in total. The Bertz CT molecular complexity index is 637. The molecule has 0 aliphatic rings. The first-order valence-corrected chi connectivity index (χ1v) is 7.94. The van der Waals surface area contributed by atoms with Gasteiger partial charge in [-0.2, -0.15) is 5.10 Å². The average molecular weight is 352 g/mol. The maximum Gasteiger partial charge on any atom is 0.171 e. The van der Waals surface area contributed by atoms with Gasteiger partial charge in [-0.15, -0.1) is 0 Å². The summed E-state index contributed by atoms with van der Waals surface area (Å²) in [6.45, 7) is 9.14. The Balaban J connectivity index is 2.39. The molecule has 0 bridgehead atoms. The summed E-state index contributed by atoms with van der Waals surface area (Å²) in [4.78, 5) is 0. The van der Waals surface area contributed by atoms with Gasteiger partial charge in [-0.25, -0.2) is 0 Å². The van der Waals surface area contributed by atoms with Crippen LogP contribution in [-0.2, 0) is 7.05 Å². The molecule has 1 atom stereocenters. The van der Waals surface area contributed by atoms with Crippen molar-refractivity contribution in [1.29, 1.82) is 0 Å². The molecule has 2 rings (SSSR count). The van der Waals surface area contributed by atoms with Gasteiger partial charge in [0.05, 0.1) is 5.69 Å². The minimum atomic E-state index is 0.222. The van der Waals surface area contributed by atoms with Crippen LogP contribution in [0.15, 0.2) is 22.7 Å². The Morgan fingerprint density at radius 2 is 2.10 bits per heavy atom. The quantitative estimate of drug-likeness (QED) is 0.874. The Labute approximate surface area is 134 Å². The van der Waals surface area contributed by atoms with Crippen molar-refractivity contribution < 1.29 is 4.74 Å². The number of nitrogens with zero attached hydrogens (tertiary/aromatic N) is 2. The normalized spacial score (nSPS) is 12.5. The van der Waals surface area contributed by atoms with Gasteiger partial charge in [0.2, 0.25) is 0 Å². The summed E-state index contributed by atoms with van der Waals surface area (Å²) in [6.07, 6.45) is 0. The predicted molar refractivity (Wildman–Crippen MR) is 89.0 cm³/mol. The molecule has 2 aromatic rings. The van der Waals surface area contributed by atoms with Crippen molar-refractivity contribution in [1.82, 2.24) is 15.1 Å². The molecular weight excluding hydrogens is 330 g/mol. The topological polar surface area (TPSA) is 39.1 Å². The molecule has 1 aromatic heterocycles. The Kier molecular flexibility index (Phi) is 5.06. The highest BCUT2D eigenvalue weighted by Gasteiger charge is 2.16. The van der Waals surface area contributed by atoms with Crippen LogP contribution >= 0.6 is 15.9 Å². The van der Waals surface area contributed by atoms with E-state index >= 15 is 0 Å². The van der Waals surface area contributed by atoms with Crippen LogP contribution in [0.5, 0.6) is 11.5 Å². The van der Waals surface area contributed by atoms with Crippen LogP contribution in [0, 0.1) is 13.8 Å². The van der Waals surface area contributed by atoms with Crippen LogP contribution in [0.3, 0.4) is 0 Å². The molecule has 0 fully saturated rings. The van der Waals surface area contributed by atoms with Crippen molar-refractivity contribution in [3.63, 3.8) is 0 Å². The Morgan fingerprint density at radius 1 is 1.38 bits per heavy atom. The fourth-order valence-electron chi connectivity index (χ4n) is 2.38. The lowest BCUT2D eigenvalue weighted by atomic mass is 10.1. The molecule has 4 nitrogen and oxygen atoms in total. The van der Waals surface area contributed by atoms with Crippen molar-refractivity contribution >= 4 is 15.9 Å². The summed E-state index contributed by atoms with van der Waals surface area (Å²) in [5.41, 5.74) is 3.06. The van der Waals surface area contributed by atoms with Crippen LogP contribution in [0.4, 0.5) is 0 Å². The van der Waals surface area contributed by atoms with Gasteiger partial charge in [0.15, 0.2) is 5.75 Å². The summed E-state index contributed by atoms with van der Waals surface area (Å²) in [5.74, 6) is 1.70. The highest BCUT2D eigenvalue weighted by atomic mass is 79.9. The molecule has 0 spiro atoms. The molecule has 1 aromatic carbocycles. The molecule has 0 aliphatic carbocycles. The zero-order chi connectivity index (χ0) is 15.6. The zero-order valence-electron chi connectivity index (χ0n) is 13.2. The lowest BCUT2D eigenvalue weighted by molar-refractivity contribution is 0.456. The first kappa shape index (κ1) is 16.0. The molecule has 114 valence electrons. The molecule has 0 radical (unpaired) electrons. The summed E-state index contributed by atoms with van der Waals surface area (Å²) in [5, 5.41) is 7.83. The van der Waals surface area contributed by atoms with Gasteiger partial charge in [0.25, 0.3) is 0 Å². The second kappa shape index (κ2) is 6.62. The van der Waals surface area contributed by atoms with E-state index in [0.29, 0.717) is 0 Å². The van der Waals surface area contributed by atoms with Gasteiger partial charge in [-0.1, -0.05) is 22.9 Å². The monoisotopic (exact) mass is 351 g/mol. The minimum absolute atomic E-state index is 0.222. The number of aromatic nitrogens is 2. The van der Waals surface area contributed by atoms with E-state index in [1.807, 2.05) is 37.7 Å². The van der Waals surface area contributed by atoms with E-state index in [1.54, 1.807) is 0 Å². The van der Waals surface area contributed by atoms with Crippen LogP contribution in [-0.4, -0.2) is 16.3 Å². The number of ether oxygens (including phenoxy) is 1. The van der Waals surface area contributed by atoms with E-state index in [9.17, 15) is 0 Å². The molecule has 5 heteroatoms. The van der Waals surface area contributed by atoms with E-state index in [1.165, 1.54) is 0 Å². The summed E-state index contributed by atoms with van der Waals surface area (Å²) >= 11 is 3.53. The van der Waals surface area contributed by atoms with Crippen LogP contribution in [0.25, 0.3) is 0 Å². The van der Waals surface area contributed by atoms with Gasteiger partial charge in [-0.05, 0) is 45.5 Å². The molecule has 0 saturated carbocycles. The largest absolute Gasteiger partial charge is 0.453 e. The number of benzene rings is 1. The first-order valence-electron chi connectivity index (χ1n) is 7.15. The summed E-state index contributed by atoms with van der Waals surface area (Å²) < 4.78 is 9.06. The predicted octanol–water partition coefficient (Wildman–Crippen LogP) is 4.26. The molecule has 1 heterocycles. The lowest BCUT2D eigenvalue weighted by Crippen LogP contribution is -2.18. The lowest BCUT2D eigenvalue weighted by Gasteiger charge is -2.18. The second-order valence-corrected chi connectivity index (χ2v) is 6.10. The number of halogens is 1. The van der Waals surface area contributed by atoms with Crippen molar-refractivity contribution in [3.05, 3.63) is 39.6 Å². The van der Waals surface area contributed by atoms with Crippen molar-refractivity contribution in [2.45, 2.75) is 33.7 Å². The van der Waals surface area contributed by atoms with Crippen LogP contribution in [0.2, 0.25) is 0 Å². The Morgan fingerprint density at radius 3 is 2.67 bits per heavy atom. The number of hydrogen-bond acceptors (Lipinski definition) is 3. The molecule has 0 saturated heterocycles. The van der Waals surface area contributed by atoms with Gasteiger partial charge in [0.1, 0.15) is 11.4 Å². The molecular formula is C16H22BrN3O. The SMILES string of the molecule is CCNC(C)c1cc(Br)ccc1Oc1c(C)nn(C)c1C.